The maximum Gasteiger partial charge on any atom is 0.491 e. The van der Waals surface area contributed by atoms with Gasteiger partial charge in [0.2, 0.25) is 29.5 Å². The first-order chi connectivity index (χ1) is 40.2. The molecular formula is C42H51Br3Cl3F12N13O11S5. The van der Waals surface area contributed by atoms with Crippen LogP contribution in [0.3, 0.4) is 0 Å². The quantitative estimate of drug-likeness (QED) is 0.0215. The van der Waals surface area contributed by atoms with E-state index in [0.717, 1.165) is 54.7 Å². The number of thiazole rings is 4. The number of thiocarbonyl (C=S) groups is 1. The first-order valence-corrected chi connectivity index (χ1v) is 31.9. The highest BCUT2D eigenvalue weighted by Gasteiger charge is 2.49. The van der Waals surface area contributed by atoms with Gasteiger partial charge in [-0.3, -0.25) is 38.4 Å². The van der Waals surface area contributed by atoms with Crippen LogP contribution < -0.4 is 37.6 Å². The molecule has 0 spiro atoms. The van der Waals surface area contributed by atoms with Crippen molar-refractivity contribution in [2.45, 2.75) is 92.3 Å². The van der Waals surface area contributed by atoms with Crippen molar-refractivity contribution in [3.8, 4) is 0 Å². The minimum Gasteiger partial charge on any atom is -0.380 e. The Hall–Kier alpha value is -5.06. The number of rotatable bonds is 13. The Kier molecular flexibility index (Phi) is 48.9. The molecule has 0 aromatic carbocycles. The number of alkyl halides is 15. The van der Waals surface area contributed by atoms with Crippen LogP contribution in [0.25, 0.3) is 0 Å². The van der Waals surface area contributed by atoms with Gasteiger partial charge in [0.25, 0.3) is 0 Å². The number of nitrogens with one attached hydrogen (secondary N) is 6. The normalized spacial score (nSPS) is 10.2. The predicted molar refractivity (Wildman–Crippen MR) is 326 cm³/mol. The highest BCUT2D eigenvalue weighted by Crippen LogP contribution is 2.30. The summed E-state index contributed by atoms with van der Waals surface area (Å²) >= 11 is 33.4. The molecule has 47 heteroatoms. The number of Topliss-reactive ketones (excluding diaryl/α,β-unsaturated/α-hetero) is 1. The molecule has 0 radical (unpaired) electrons. The Bertz CT molecular complexity index is 2870. The monoisotopic (exact) mass is 1640 g/mol. The van der Waals surface area contributed by atoms with Crippen LogP contribution in [0.15, 0.2) is 19.9 Å². The SMILES string of the molecule is BrBr.C.CC(=O)NC(N)=S.CC(=O)Nc1nc(CCl)cs1.CC(=O)Nc1nc(CN(C)C(=O)C(F)(F)F)c(Br)s1.CC(=O)Nc1nc(CN(C)C(=O)C(F)(F)F)cs1.CNCc1csc(NC(C)=O)n1.O=C(CCl)CCl.O=C(OC(=O)C(F)(F)F)C(F)(F)F. The van der Waals surface area contributed by atoms with Gasteiger partial charge >= 0.3 is 48.5 Å². The third kappa shape index (κ3) is 47.5. The van der Waals surface area contributed by atoms with Crippen molar-refractivity contribution in [1.82, 2.24) is 40.4 Å². The molecule has 0 aliphatic rings. The molecule has 0 aliphatic heterocycles. The average molecular weight is 1650 g/mol. The third-order valence-corrected chi connectivity index (χ3v) is 12.3. The average Bonchev–Trinajstić information content (AvgIpc) is 4.47. The Morgan fingerprint density at radius 2 is 0.910 bits per heavy atom. The van der Waals surface area contributed by atoms with Crippen molar-refractivity contribution in [2.75, 3.05) is 54.2 Å². The smallest absolute Gasteiger partial charge is 0.380 e. The standard InChI is InChI=1S/C9H9BrF3N3O2S.C9H10F3N3O2S.C7H11N3OS.C6H7ClN2OS.C4F6O3.C3H4Cl2O.C3H6N2OS.CH4.Br2/c1-4(17)14-8-15-5(6(10)19-8)3-16(2)7(18)9(11,12)13;1-5(16)13-8-14-6(4-18-8)3-15(2)7(17)9(10,11)12;1-5(11)9-7-10-6(3-8-2)4-12-7;1-4(10)8-6-9-5(2-7)3-11-6;5-3(6,7)1(11)13-2(12)4(8,9)10;4-1-3(6)2-5;1-2(6)5-3(4)7;;1-2/h3H2,1-2H3,(H,14,15,17);4H,3H2,1-2H3,(H,13,14,16);4,8H,3H2,1-2H3,(H,9,10,11);3H,2H2,1H3,(H,8,9,10);;1-2H2;1H3,(H3,4,5,6,7);1H4;. The van der Waals surface area contributed by atoms with Crippen LogP contribution in [0.5, 0.6) is 0 Å². The Morgan fingerprint density at radius 3 is 1.19 bits per heavy atom. The lowest BCUT2D eigenvalue weighted by atomic mass is 10.4. The van der Waals surface area contributed by atoms with Gasteiger partial charge in [-0.2, -0.15) is 52.7 Å². The first kappa shape index (κ1) is 92.7. The van der Waals surface area contributed by atoms with Gasteiger partial charge in [-0.25, -0.2) is 29.5 Å². The fourth-order valence-electron chi connectivity index (χ4n) is 4.03. The number of nitrogens with zero attached hydrogens (tertiary/aromatic N) is 6. The number of anilines is 4. The molecule has 0 fully saturated rings. The molecule has 506 valence electrons. The number of hydrogen-bond donors (Lipinski definition) is 7. The molecule has 4 aromatic rings. The molecule has 0 bridgehead atoms. The second-order valence-electron chi connectivity index (χ2n) is 14.9. The van der Waals surface area contributed by atoms with Crippen LogP contribution in [-0.2, 0) is 78.2 Å². The summed E-state index contributed by atoms with van der Waals surface area (Å²) in [5, 5.41) is 22.2. The van der Waals surface area contributed by atoms with Crippen LogP contribution in [0.2, 0.25) is 0 Å². The zero-order valence-corrected chi connectivity index (χ0v) is 56.7. The molecule has 7 amide bonds. The number of ether oxygens (including phenoxy) is 1. The van der Waals surface area contributed by atoms with Gasteiger partial charge in [0.05, 0.1) is 57.3 Å². The van der Waals surface area contributed by atoms with Gasteiger partial charge in [-0.1, -0.05) is 18.8 Å². The number of carbonyl (C=O) groups excluding carboxylic acids is 10. The maximum absolute atomic E-state index is 12.2. The van der Waals surface area contributed by atoms with E-state index in [1.165, 1.54) is 62.7 Å². The third-order valence-electron chi connectivity index (χ3n) is 7.14. The maximum atomic E-state index is 12.2. The van der Waals surface area contributed by atoms with Crippen LogP contribution in [0, 0.1) is 0 Å². The number of amides is 7. The largest absolute Gasteiger partial charge is 0.491 e. The van der Waals surface area contributed by atoms with E-state index >= 15 is 0 Å². The fraction of sp³-hybridized carbons (Fsp3) is 0.452. The van der Waals surface area contributed by atoms with Gasteiger partial charge in [-0.05, 0) is 35.2 Å². The highest BCUT2D eigenvalue weighted by atomic mass is 80.9. The van der Waals surface area contributed by atoms with Crippen molar-refractivity contribution in [3.05, 3.63) is 42.7 Å². The number of nitrogens with two attached hydrogens (primary N) is 1. The van der Waals surface area contributed by atoms with Gasteiger partial charge in [-0.15, -0.1) is 68.8 Å². The lowest BCUT2D eigenvalue weighted by Gasteiger charge is -2.17. The zero-order chi connectivity index (χ0) is 69.7. The Labute approximate surface area is 557 Å². The number of ketones is 1. The van der Waals surface area contributed by atoms with Crippen LogP contribution in [0.1, 0.15) is 64.8 Å². The predicted octanol–water partition coefficient (Wildman–Crippen LogP) is 10.6. The van der Waals surface area contributed by atoms with Crippen molar-refractivity contribution >= 4 is 221 Å². The molecule has 4 rings (SSSR count). The topological polar surface area (TPSA) is 336 Å². The second kappa shape index (κ2) is 46.9. The summed E-state index contributed by atoms with van der Waals surface area (Å²) in [7, 11) is 3.92. The molecule has 0 atom stereocenters. The van der Waals surface area contributed by atoms with Gasteiger partial charge in [0.1, 0.15) is 0 Å². The Balaban J connectivity index is -0.000000315. The summed E-state index contributed by atoms with van der Waals surface area (Å²) in [6.45, 7) is 6.99. The van der Waals surface area contributed by atoms with Gasteiger partial charge < -0.3 is 52.2 Å². The fourth-order valence-corrected chi connectivity index (χ4v) is 8.37. The summed E-state index contributed by atoms with van der Waals surface area (Å²) in [6, 6.07) is 0. The summed E-state index contributed by atoms with van der Waals surface area (Å²) in [6.07, 6.45) is -21.1. The van der Waals surface area contributed by atoms with Crippen molar-refractivity contribution in [1.29, 1.82) is 0 Å². The van der Waals surface area contributed by atoms with Crippen molar-refractivity contribution in [2.24, 2.45) is 5.73 Å². The van der Waals surface area contributed by atoms with Gasteiger partial charge in [0, 0.05) is 99.7 Å². The van der Waals surface area contributed by atoms with Crippen molar-refractivity contribution < 1.29 is 105 Å². The van der Waals surface area contributed by atoms with Crippen molar-refractivity contribution in [3.63, 3.8) is 0 Å². The molecule has 24 nitrogen and oxygen atoms in total. The lowest BCUT2D eigenvalue weighted by molar-refractivity contribution is -0.221. The van der Waals surface area contributed by atoms with Crippen LogP contribution in [-0.4, -0.2) is 152 Å². The minimum absolute atomic E-state index is 0. The number of carbonyl (C=O) groups is 10. The summed E-state index contributed by atoms with van der Waals surface area (Å²) in [5.41, 5.74) is 7.16. The van der Waals surface area contributed by atoms with Crippen LogP contribution in [0.4, 0.5) is 73.2 Å². The number of halogens is 18. The van der Waals surface area contributed by atoms with E-state index in [1.807, 2.05) is 17.8 Å². The highest BCUT2D eigenvalue weighted by molar-refractivity contribution is 9.93. The van der Waals surface area contributed by atoms with E-state index in [2.05, 4.69) is 113 Å². The summed E-state index contributed by atoms with van der Waals surface area (Å²) in [5.74, 6) is -11.0. The summed E-state index contributed by atoms with van der Waals surface area (Å²) in [4.78, 5) is 121. The molecule has 4 aromatic heterocycles. The number of esters is 2. The van der Waals surface area contributed by atoms with Crippen LogP contribution >= 0.6 is 137 Å². The number of aromatic nitrogens is 4. The molecule has 0 aliphatic carbocycles. The number of hydrogen-bond acceptors (Lipinski definition) is 21. The molecule has 0 saturated carbocycles. The van der Waals surface area contributed by atoms with Gasteiger partial charge in [0.15, 0.2) is 31.4 Å². The Morgan fingerprint density at radius 1 is 0.573 bits per heavy atom. The van der Waals surface area contributed by atoms with E-state index in [1.54, 1.807) is 0 Å². The first-order valence-electron chi connectivity index (χ1n) is 21.9. The molecule has 0 unspecified atom stereocenters. The molecule has 8 N–H and O–H groups in total. The lowest BCUT2D eigenvalue weighted by Crippen LogP contribution is -2.38. The van der Waals surface area contributed by atoms with E-state index in [-0.39, 0.29) is 94.4 Å². The molecule has 4 heterocycles. The molecular weight excluding hydrogens is 1600 g/mol. The van der Waals surface area contributed by atoms with E-state index in [4.69, 9.17) is 40.5 Å². The summed E-state index contributed by atoms with van der Waals surface area (Å²) < 4.78 is 143. The minimum atomic E-state index is -5.62. The second-order valence-corrected chi connectivity index (χ2v) is 21.0. The molecule has 0 saturated heterocycles. The van der Waals surface area contributed by atoms with E-state index < -0.39 is 48.5 Å². The zero-order valence-electron chi connectivity index (χ0n) is 45.6. The van der Waals surface area contributed by atoms with E-state index in [9.17, 15) is 101 Å². The molecule has 89 heavy (non-hydrogen) atoms. The van der Waals surface area contributed by atoms with E-state index in [0.29, 0.717) is 29.7 Å².